The topological polar surface area (TPSA) is 103 Å². The number of H-pyrrole nitrogens is 1. The summed E-state index contributed by atoms with van der Waals surface area (Å²) in [5.74, 6) is -0.285. The molecule has 1 aromatic heterocycles. The molecule has 2 unspecified atom stereocenters. The highest BCUT2D eigenvalue weighted by Crippen LogP contribution is 2.38. The molecule has 0 saturated carbocycles. The van der Waals surface area contributed by atoms with E-state index in [2.05, 4.69) is 9.97 Å². The zero-order valence-electron chi connectivity index (χ0n) is 12.1. The lowest BCUT2D eigenvalue weighted by Crippen LogP contribution is -2.47. The summed E-state index contributed by atoms with van der Waals surface area (Å²) in [7, 11) is -3.90. The standard InChI is InChI=1S/C12H19N3O4S2/c1-4-9-13-5-10(14-9)21(18,19)15-8(12(16)17)6-20-11(15)7(2)3/h5,7-8,11H,4,6H2,1-3H3,(H,13,14)(H,16,17). The first kappa shape index (κ1) is 16.3. The number of hydrogen-bond donors (Lipinski definition) is 2. The van der Waals surface area contributed by atoms with Crippen molar-refractivity contribution >= 4 is 27.8 Å². The number of rotatable bonds is 5. The minimum absolute atomic E-state index is 0.0164. The van der Waals surface area contributed by atoms with Crippen LogP contribution in [0.15, 0.2) is 11.2 Å². The Morgan fingerprint density at radius 2 is 2.29 bits per heavy atom. The summed E-state index contributed by atoms with van der Waals surface area (Å²) in [4.78, 5) is 18.1. The number of imidazole rings is 1. The summed E-state index contributed by atoms with van der Waals surface area (Å²) in [5.41, 5.74) is 0. The highest BCUT2D eigenvalue weighted by molar-refractivity contribution is 8.01. The molecule has 7 nitrogen and oxygen atoms in total. The van der Waals surface area contributed by atoms with Crippen molar-refractivity contribution in [3.05, 3.63) is 12.0 Å². The van der Waals surface area contributed by atoms with Crippen LogP contribution in [-0.4, -0.2) is 50.9 Å². The molecule has 2 rings (SSSR count). The third kappa shape index (κ3) is 2.95. The summed E-state index contributed by atoms with van der Waals surface area (Å²) in [6, 6.07) is -1.04. The van der Waals surface area contributed by atoms with Crippen LogP contribution in [0.2, 0.25) is 0 Å². The summed E-state index contributed by atoms with van der Waals surface area (Å²) in [6.07, 6.45) is 1.84. The Labute approximate surface area is 128 Å². The Morgan fingerprint density at radius 3 is 2.76 bits per heavy atom. The molecular formula is C12H19N3O4S2. The fourth-order valence-corrected chi connectivity index (χ4v) is 5.91. The average Bonchev–Trinajstić information content (AvgIpc) is 3.05. The van der Waals surface area contributed by atoms with E-state index in [-0.39, 0.29) is 22.1 Å². The van der Waals surface area contributed by atoms with E-state index in [9.17, 15) is 18.3 Å². The van der Waals surface area contributed by atoms with Crippen molar-refractivity contribution in [1.29, 1.82) is 0 Å². The number of nitrogens with zero attached hydrogens (tertiary/aromatic N) is 2. The largest absolute Gasteiger partial charge is 0.480 e. The molecule has 118 valence electrons. The van der Waals surface area contributed by atoms with Crippen LogP contribution < -0.4 is 0 Å². The Bertz CT molecular complexity index is 626. The molecule has 0 aliphatic carbocycles. The smallest absolute Gasteiger partial charge is 0.322 e. The van der Waals surface area contributed by atoms with E-state index >= 15 is 0 Å². The Morgan fingerprint density at radius 1 is 1.62 bits per heavy atom. The van der Waals surface area contributed by atoms with Gasteiger partial charge in [0.05, 0.1) is 11.6 Å². The van der Waals surface area contributed by atoms with E-state index in [0.29, 0.717) is 12.2 Å². The van der Waals surface area contributed by atoms with Gasteiger partial charge in [0.1, 0.15) is 11.9 Å². The fraction of sp³-hybridized carbons (Fsp3) is 0.667. The Kier molecular flexibility index (Phi) is 4.64. The van der Waals surface area contributed by atoms with Crippen LogP contribution >= 0.6 is 11.8 Å². The first-order chi connectivity index (χ1) is 9.78. The van der Waals surface area contributed by atoms with Gasteiger partial charge in [-0.25, -0.2) is 13.4 Å². The van der Waals surface area contributed by atoms with Crippen LogP contribution in [0.1, 0.15) is 26.6 Å². The van der Waals surface area contributed by atoms with Crippen LogP contribution in [0, 0.1) is 5.92 Å². The van der Waals surface area contributed by atoms with Crippen molar-refractivity contribution in [3.8, 4) is 0 Å². The lowest BCUT2D eigenvalue weighted by atomic mass is 10.2. The van der Waals surface area contributed by atoms with Gasteiger partial charge in [-0.05, 0) is 5.92 Å². The second-order valence-electron chi connectivity index (χ2n) is 5.20. The third-order valence-corrected chi connectivity index (χ3v) is 6.89. The molecule has 2 heterocycles. The normalized spacial score (nSPS) is 23.8. The van der Waals surface area contributed by atoms with Gasteiger partial charge in [0.15, 0.2) is 5.03 Å². The molecule has 1 aliphatic heterocycles. The molecule has 0 amide bonds. The van der Waals surface area contributed by atoms with Gasteiger partial charge in [0.2, 0.25) is 0 Å². The molecule has 0 spiro atoms. The van der Waals surface area contributed by atoms with Gasteiger partial charge < -0.3 is 10.1 Å². The molecule has 2 N–H and O–H groups in total. The van der Waals surface area contributed by atoms with Crippen molar-refractivity contribution in [2.45, 2.75) is 43.6 Å². The lowest BCUT2D eigenvalue weighted by molar-refractivity contribution is -0.140. The van der Waals surface area contributed by atoms with Crippen LogP contribution in [0.25, 0.3) is 0 Å². The van der Waals surface area contributed by atoms with Crippen LogP contribution in [0.3, 0.4) is 0 Å². The quantitative estimate of drug-likeness (QED) is 0.837. The minimum atomic E-state index is -3.90. The molecule has 1 aromatic rings. The van der Waals surface area contributed by atoms with Gasteiger partial charge in [-0.15, -0.1) is 11.8 Å². The van der Waals surface area contributed by atoms with Gasteiger partial charge >= 0.3 is 5.97 Å². The maximum absolute atomic E-state index is 12.8. The van der Waals surface area contributed by atoms with Crippen molar-refractivity contribution in [2.75, 3.05) is 5.75 Å². The Hall–Kier alpha value is -1.06. The van der Waals surface area contributed by atoms with E-state index in [1.54, 1.807) is 0 Å². The maximum Gasteiger partial charge on any atom is 0.322 e. The van der Waals surface area contributed by atoms with Gasteiger partial charge in [-0.2, -0.15) is 4.31 Å². The fourth-order valence-electron chi connectivity index (χ4n) is 2.25. The first-order valence-corrected chi connectivity index (χ1v) is 9.19. The van der Waals surface area contributed by atoms with Crippen LogP contribution in [0.4, 0.5) is 0 Å². The Balaban J connectivity index is 2.44. The number of aryl methyl sites for hydroxylation is 1. The summed E-state index contributed by atoms with van der Waals surface area (Å²) in [6.45, 7) is 5.63. The number of nitrogens with one attached hydrogen (secondary N) is 1. The number of aromatic amines is 1. The predicted molar refractivity (Wildman–Crippen MR) is 79.5 cm³/mol. The first-order valence-electron chi connectivity index (χ1n) is 6.70. The maximum atomic E-state index is 12.8. The second kappa shape index (κ2) is 5.98. The minimum Gasteiger partial charge on any atom is -0.480 e. The van der Waals surface area contributed by atoms with Crippen molar-refractivity contribution in [1.82, 2.24) is 14.3 Å². The number of carboxylic acids is 1. The number of aromatic nitrogens is 2. The molecule has 1 saturated heterocycles. The van der Waals surface area contributed by atoms with Gasteiger partial charge in [0, 0.05) is 12.2 Å². The number of hydrogen-bond acceptors (Lipinski definition) is 5. The number of aliphatic carboxylic acids is 1. The molecular weight excluding hydrogens is 314 g/mol. The van der Waals surface area contributed by atoms with E-state index < -0.39 is 22.0 Å². The van der Waals surface area contributed by atoms with Crippen molar-refractivity contribution < 1.29 is 18.3 Å². The second-order valence-corrected chi connectivity index (χ2v) is 8.17. The van der Waals surface area contributed by atoms with Gasteiger partial charge in [-0.1, -0.05) is 20.8 Å². The molecule has 0 bridgehead atoms. The number of carboxylic acid groups (broad SMARTS) is 1. The molecule has 9 heteroatoms. The summed E-state index contributed by atoms with van der Waals surface area (Å²) in [5, 5.41) is 8.87. The number of thioether (sulfide) groups is 1. The van der Waals surface area contributed by atoms with Gasteiger partial charge in [0.25, 0.3) is 10.0 Å². The van der Waals surface area contributed by atoms with Crippen LogP contribution in [-0.2, 0) is 21.2 Å². The average molecular weight is 333 g/mol. The third-order valence-electron chi connectivity index (χ3n) is 3.33. The van der Waals surface area contributed by atoms with E-state index in [4.69, 9.17) is 0 Å². The number of sulfonamides is 1. The predicted octanol–water partition coefficient (Wildman–Crippen LogP) is 1.14. The van der Waals surface area contributed by atoms with Crippen LogP contribution in [0.5, 0.6) is 0 Å². The molecule has 2 atom stereocenters. The summed E-state index contributed by atoms with van der Waals surface area (Å²) < 4.78 is 26.7. The van der Waals surface area contributed by atoms with E-state index in [1.807, 2.05) is 20.8 Å². The SMILES string of the molecule is CCc1ncc(S(=O)(=O)N2C(C(=O)O)CSC2C(C)C)[nH]1. The lowest BCUT2D eigenvalue weighted by Gasteiger charge is -2.27. The highest BCUT2D eigenvalue weighted by atomic mass is 32.2. The molecule has 1 aliphatic rings. The van der Waals surface area contributed by atoms with E-state index in [1.165, 1.54) is 18.0 Å². The van der Waals surface area contributed by atoms with Crippen molar-refractivity contribution in [3.63, 3.8) is 0 Å². The van der Waals surface area contributed by atoms with Crippen molar-refractivity contribution in [2.24, 2.45) is 5.92 Å². The van der Waals surface area contributed by atoms with E-state index in [0.717, 1.165) is 4.31 Å². The zero-order chi connectivity index (χ0) is 15.8. The molecule has 21 heavy (non-hydrogen) atoms. The highest BCUT2D eigenvalue weighted by Gasteiger charge is 2.47. The molecule has 0 aromatic carbocycles. The molecule has 1 fully saturated rings. The molecule has 0 radical (unpaired) electrons. The number of carbonyl (C=O) groups is 1. The zero-order valence-corrected chi connectivity index (χ0v) is 13.7. The monoisotopic (exact) mass is 333 g/mol. The summed E-state index contributed by atoms with van der Waals surface area (Å²) >= 11 is 1.36. The van der Waals surface area contributed by atoms with Gasteiger partial charge in [-0.3, -0.25) is 4.79 Å².